The average molecular weight is 246 g/mol. The van der Waals surface area contributed by atoms with Crippen LogP contribution in [0.3, 0.4) is 0 Å². The molecule has 1 N–H and O–H groups in total. The van der Waals surface area contributed by atoms with Gasteiger partial charge in [0.05, 0.1) is 16.1 Å². The van der Waals surface area contributed by atoms with E-state index >= 15 is 0 Å². The van der Waals surface area contributed by atoms with Gasteiger partial charge in [-0.05, 0) is 6.42 Å². The van der Waals surface area contributed by atoms with Crippen LogP contribution in [0, 0.1) is 0 Å². The standard InChI is InChI=1S/C12H14N4S/c1-2-3-9-8-4-13-5-10(8)16-12(15-9)11-6-14-7-17-11/h6-7,13H,2-5H2,1H3. The summed E-state index contributed by atoms with van der Waals surface area (Å²) < 4.78 is 0. The van der Waals surface area contributed by atoms with Gasteiger partial charge in [-0.15, -0.1) is 11.3 Å². The lowest BCUT2D eigenvalue weighted by atomic mass is 10.1. The summed E-state index contributed by atoms with van der Waals surface area (Å²) in [6, 6.07) is 0. The SMILES string of the molecule is CCCc1nc(-c2cncs2)nc2c1CNC2. The molecule has 1 aliphatic rings. The second-order valence-corrected chi connectivity index (χ2v) is 5.02. The molecule has 0 radical (unpaired) electrons. The minimum Gasteiger partial charge on any atom is -0.307 e. The second kappa shape index (κ2) is 4.50. The first kappa shape index (κ1) is 10.8. The van der Waals surface area contributed by atoms with Gasteiger partial charge in [-0.1, -0.05) is 13.3 Å². The van der Waals surface area contributed by atoms with E-state index in [1.807, 2.05) is 11.7 Å². The fourth-order valence-electron chi connectivity index (χ4n) is 2.12. The Morgan fingerprint density at radius 1 is 1.35 bits per heavy atom. The lowest BCUT2D eigenvalue weighted by molar-refractivity contribution is 0.753. The lowest BCUT2D eigenvalue weighted by Crippen LogP contribution is -2.03. The van der Waals surface area contributed by atoms with Crippen LogP contribution in [0.25, 0.3) is 10.7 Å². The molecule has 4 nitrogen and oxygen atoms in total. The number of hydrogen-bond donors (Lipinski definition) is 1. The van der Waals surface area contributed by atoms with Crippen LogP contribution in [-0.4, -0.2) is 15.0 Å². The Labute approximate surface area is 104 Å². The molecule has 3 heterocycles. The van der Waals surface area contributed by atoms with E-state index in [4.69, 9.17) is 4.98 Å². The van der Waals surface area contributed by atoms with Gasteiger partial charge in [0.2, 0.25) is 0 Å². The van der Waals surface area contributed by atoms with Crippen molar-refractivity contribution < 1.29 is 0 Å². The molecule has 0 saturated carbocycles. The monoisotopic (exact) mass is 246 g/mol. The van der Waals surface area contributed by atoms with Crippen LogP contribution in [-0.2, 0) is 19.5 Å². The number of nitrogens with zero attached hydrogens (tertiary/aromatic N) is 3. The summed E-state index contributed by atoms with van der Waals surface area (Å²) >= 11 is 1.59. The van der Waals surface area contributed by atoms with Gasteiger partial charge in [-0.3, -0.25) is 4.98 Å². The molecule has 5 heteroatoms. The average Bonchev–Trinajstić information content (AvgIpc) is 3.00. The molecule has 0 bridgehead atoms. The first-order valence-corrected chi connectivity index (χ1v) is 6.74. The zero-order valence-corrected chi connectivity index (χ0v) is 10.5. The predicted octanol–water partition coefficient (Wildman–Crippen LogP) is 2.16. The number of fused-ring (bicyclic) bond motifs is 1. The Morgan fingerprint density at radius 3 is 3.06 bits per heavy atom. The molecule has 17 heavy (non-hydrogen) atoms. The van der Waals surface area contributed by atoms with Crippen LogP contribution < -0.4 is 5.32 Å². The number of aromatic nitrogens is 3. The quantitative estimate of drug-likeness (QED) is 0.901. The molecule has 0 spiro atoms. The molecule has 0 atom stereocenters. The zero-order valence-electron chi connectivity index (χ0n) is 9.73. The summed E-state index contributed by atoms with van der Waals surface area (Å²) in [6.07, 6.45) is 3.98. The molecule has 0 amide bonds. The lowest BCUT2D eigenvalue weighted by Gasteiger charge is -2.07. The number of nitrogens with one attached hydrogen (secondary N) is 1. The number of aryl methyl sites for hydroxylation is 1. The van der Waals surface area contributed by atoms with Gasteiger partial charge < -0.3 is 5.32 Å². The summed E-state index contributed by atoms with van der Waals surface area (Å²) in [5.74, 6) is 0.832. The number of thiazole rings is 1. The smallest absolute Gasteiger partial charge is 0.171 e. The molecule has 0 aliphatic carbocycles. The number of hydrogen-bond acceptors (Lipinski definition) is 5. The van der Waals surface area contributed by atoms with Crippen molar-refractivity contribution in [2.24, 2.45) is 0 Å². The second-order valence-electron chi connectivity index (χ2n) is 4.14. The summed E-state index contributed by atoms with van der Waals surface area (Å²) in [7, 11) is 0. The van der Waals surface area contributed by atoms with E-state index in [-0.39, 0.29) is 0 Å². The Hall–Kier alpha value is -1.33. The van der Waals surface area contributed by atoms with Crippen LogP contribution in [0.2, 0.25) is 0 Å². The Bertz CT molecular complexity index is 522. The molecule has 2 aromatic rings. The Balaban J connectivity index is 2.09. The third kappa shape index (κ3) is 1.96. The molecular formula is C12H14N4S. The summed E-state index contributed by atoms with van der Waals surface area (Å²) in [5, 5.41) is 3.34. The van der Waals surface area contributed by atoms with Crippen molar-refractivity contribution in [3.63, 3.8) is 0 Å². The zero-order chi connectivity index (χ0) is 11.7. The van der Waals surface area contributed by atoms with E-state index in [0.29, 0.717) is 0 Å². The van der Waals surface area contributed by atoms with Crippen molar-refractivity contribution >= 4 is 11.3 Å². The highest BCUT2D eigenvalue weighted by Crippen LogP contribution is 2.25. The van der Waals surface area contributed by atoms with Crippen LogP contribution >= 0.6 is 11.3 Å². The molecule has 0 saturated heterocycles. The highest BCUT2D eigenvalue weighted by molar-refractivity contribution is 7.13. The topological polar surface area (TPSA) is 50.7 Å². The van der Waals surface area contributed by atoms with Crippen LogP contribution in [0.5, 0.6) is 0 Å². The maximum absolute atomic E-state index is 4.70. The van der Waals surface area contributed by atoms with E-state index in [9.17, 15) is 0 Å². The van der Waals surface area contributed by atoms with Gasteiger partial charge in [-0.2, -0.15) is 0 Å². The Morgan fingerprint density at radius 2 is 2.29 bits per heavy atom. The van der Waals surface area contributed by atoms with Crippen molar-refractivity contribution in [3.05, 3.63) is 28.7 Å². The van der Waals surface area contributed by atoms with Gasteiger partial charge in [0.25, 0.3) is 0 Å². The molecule has 88 valence electrons. The Kier molecular flexibility index (Phi) is 2.86. The van der Waals surface area contributed by atoms with Crippen LogP contribution in [0.15, 0.2) is 11.7 Å². The molecule has 0 fully saturated rings. The van der Waals surface area contributed by atoms with Gasteiger partial charge in [0.15, 0.2) is 5.82 Å². The fourth-order valence-corrected chi connectivity index (χ4v) is 2.67. The van der Waals surface area contributed by atoms with E-state index in [1.165, 1.54) is 11.3 Å². The van der Waals surface area contributed by atoms with Gasteiger partial charge in [0.1, 0.15) is 0 Å². The molecular weight excluding hydrogens is 232 g/mol. The van der Waals surface area contributed by atoms with Crippen LogP contribution in [0.4, 0.5) is 0 Å². The molecule has 3 rings (SSSR count). The molecule has 2 aromatic heterocycles. The van der Waals surface area contributed by atoms with Gasteiger partial charge in [0, 0.05) is 30.5 Å². The minimum atomic E-state index is 0.832. The maximum Gasteiger partial charge on any atom is 0.171 e. The fraction of sp³-hybridized carbons (Fsp3) is 0.417. The van der Waals surface area contributed by atoms with Crippen molar-refractivity contribution in [2.45, 2.75) is 32.9 Å². The van der Waals surface area contributed by atoms with Crippen LogP contribution in [0.1, 0.15) is 30.3 Å². The number of rotatable bonds is 3. The molecule has 0 unspecified atom stereocenters. The summed E-state index contributed by atoms with van der Waals surface area (Å²) in [4.78, 5) is 14.5. The normalized spacial score (nSPS) is 13.9. The van der Waals surface area contributed by atoms with Crippen molar-refractivity contribution in [3.8, 4) is 10.7 Å². The van der Waals surface area contributed by atoms with Gasteiger partial charge >= 0.3 is 0 Å². The minimum absolute atomic E-state index is 0.832. The third-order valence-electron chi connectivity index (χ3n) is 2.91. The van der Waals surface area contributed by atoms with Crippen molar-refractivity contribution in [2.75, 3.05) is 0 Å². The summed E-state index contributed by atoms with van der Waals surface area (Å²) in [5.41, 5.74) is 5.49. The van der Waals surface area contributed by atoms with E-state index < -0.39 is 0 Å². The van der Waals surface area contributed by atoms with Crippen molar-refractivity contribution in [1.29, 1.82) is 0 Å². The first-order chi connectivity index (χ1) is 8.38. The van der Waals surface area contributed by atoms with Crippen molar-refractivity contribution in [1.82, 2.24) is 20.3 Å². The largest absolute Gasteiger partial charge is 0.307 e. The van der Waals surface area contributed by atoms with Gasteiger partial charge in [-0.25, -0.2) is 9.97 Å². The van der Waals surface area contributed by atoms with E-state index in [0.717, 1.165) is 42.3 Å². The summed E-state index contributed by atoms with van der Waals surface area (Å²) in [6.45, 7) is 3.96. The van der Waals surface area contributed by atoms with E-state index in [2.05, 4.69) is 22.2 Å². The molecule has 0 aromatic carbocycles. The van der Waals surface area contributed by atoms with E-state index in [1.54, 1.807) is 11.3 Å². The maximum atomic E-state index is 4.70. The third-order valence-corrected chi connectivity index (χ3v) is 3.68. The highest BCUT2D eigenvalue weighted by atomic mass is 32.1. The first-order valence-electron chi connectivity index (χ1n) is 5.86. The predicted molar refractivity (Wildman–Crippen MR) is 67.7 cm³/mol. The molecule has 1 aliphatic heterocycles. The highest BCUT2D eigenvalue weighted by Gasteiger charge is 2.19.